The van der Waals surface area contributed by atoms with Crippen molar-refractivity contribution in [2.24, 2.45) is 5.73 Å². The highest BCUT2D eigenvalue weighted by Crippen LogP contribution is 2.06. The molecule has 1 nitrogen and oxygen atoms in total. The van der Waals surface area contributed by atoms with E-state index in [0.717, 1.165) is 0 Å². The summed E-state index contributed by atoms with van der Waals surface area (Å²) in [5.41, 5.74) is 5.65. The lowest BCUT2D eigenvalue weighted by Gasteiger charge is -2.03. The molecule has 2 N–H and O–H groups in total. The van der Waals surface area contributed by atoms with Crippen LogP contribution in [0, 0.1) is 0 Å². The van der Waals surface area contributed by atoms with E-state index < -0.39 is 0 Å². The van der Waals surface area contributed by atoms with Crippen LogP contribution in [0.15, 0.2) is 24.8 Å². The monoisotopic (exact) mass is 181 g/mol. The van der Waals surface area contributed by atoms with Gasteiger partial charge in [0.25, 0.3) is 0 Å². The van der Waals surface area contributed by atoms with Crippen LogP contribution in [0.3, 0.4) is 0 Å². The van der Waals surface area contributed by atoms with E-state index in [0.29, 0.717) is 6.04 Å². The molecular formula is C12H23N. The van der Waals surface area contributed by atoms with Crippen molar-refractivity contribution in [3.63, 3.8) is 0 Å². The quantitative estimate of drug-likeness (QED) is 0.450. The van der Waals surface area contributed by atoms with E-state index in [9.17, 15) is 0 Å². The molecule has 0 rings (SSSR count). The summed E-state index contributed by atoms with van der Waals surface area (Å²) in [6.45, 7) is 5.70. The Kier molecular flexibility index (Phi) is 9.12. The van der Waals surface area contributed by atoms with Crippen LogP contribution in [0.5, 0.6) is 0 Å². The molecule has 1 heteroatoms. The number of unbranched alkanes of at least 4 members (excludes halogenated alkanes) is 4. The molecule has 0 amide bonds. The van der Waals surface area contributed by atoms with E-state index in [1.54, 1.807) is 0 Å². The van der Waals surface area contributed by atoms with Crippen molar-refractivity contribution in [2.75, 3.05) is 0 Å². The summed E-state index contributed by atoms with van der Waals surface area (Å²) in [5.74, 6) is 0. The van der Waals surface area contributed by atoms with Crippen molar-refractivity contribution in [3.8, 4) is 0 Å². The Hall–Kier alpha value is -0.560. The first-order valence-corrected chi connectivity index (χ1v) is 5.30. The minimum absolute atomic E-state index is 0.376. The molecule has 0 heterocycles. The molecule has 0 aliphatic heterocycles. The lowest BCUT2D eigenvalue weighted by atomic mass is 10.1. The van der Waals surface area contributed by atoms with Crippen LogP contribution in [0.1, 0.15) is 45.4 Å². The molecule has 1 atom stereocenters. The molecule has 0 aromatic rings. The van der Waals surface area contributed by atoms with E-state index in [-0.39, 0.29) is 0 Å². The Labute approximate surface area is 82.7 Å². The van der Waals surface area contributed by atoms with Crippen LogP contribution in [-0.4, -0.2) is 6.04 Å². The highest BCUT2D eigenvalue weighted by Gasteiger charge is 1.93. The van der Waals surface area contributed by atoms with Crippen molar-refractivity contribution in [2.45, 2.75) is 51.5 Å². The summed E-state index contributed by atoms with van der Waals surface area (Å²) in [4.78, 5) is 0. The molecular weight excluding hydrogens is 158 g/mol. The SMILES string of the molecule is C=CC=CCCCCCCC(C)N. The van der Waals surface area contributed by atoms with Gasteiger partial charge in [-0.15, -0.1) is 0 Å². The van der Waals surface area contributed by atoms with Crippen LogP contribution in [-0.2, 0) is 0 Å². The van der Waals surface area contributed by atoms with Gasteiger partial charge >= 0.3 is 0 Å². The minimum atomic E-state index is 0.376. The van der Waals surface area contributed by atoms with Gasteiger partial charge in [-0.25, -0.2) is 0 Å². The van der Waals surface area contributed by atoms with Crippen LogP contribution in [0.2, 0.25) is 0 Å². The normalized spacial score (nSPS) is 13.4. The third-order valence-corrected chi connectivity index (χ3v) is 2.05. The molecule has 0 aromatic heterocycles. The van der Waals surface area contributed by atoms with Crippen molar-refractivity contribution in [1.29, 1.82) is 0 Å². The van der Waals surface area contributed by atoms with Gasteiger partial charge in [-0.2, -0.15) is 0 Å². The van der Waals surface area contributed by atoms with Crippen molar-refractivity contribution >= 4 is 0 Å². The zero-order valence-electron chi connectivity index (χ0n) is 8.84. The van der Waals surface area contributed by atoms with Crippen molar-refractivity contribution in [1.82, 2.24) is 0 Å². The maximum atomic E-state index is 5.65. The second-order valence-corrected chi connectivity index (χ2v) is 3.63. The summed E-state index contributed by atoms with van der Waals surface area (Å²) >= 11 is 0. The number of allylic oxidation sites excluding steroid dienone is 3. The molecule has 0 spiro atoms. The van der Waals surface area contributed by atoms with Crippen LogP contribution < -0.4 is 5.73 Å². The molecule has 0 saturated carbocycles. The molecule has 0 aliphatic rings. The zero-order chi connectivity index (χ0) is 9.94. The summed E-state index contributed by atoms with van der Waals surface area (Å²) in [5, 5.41) is 0. The van der Waals surface area contributed by atoms with E-state index in [4.69, 9.17) is 5.73 Å². The topological polar surface area (TPSA) is 26.0 Å². The predicted molar refractivity (Wildman–Crippen MR) is 60.7 cm³/mol. The standard InChI is InChI=1S/C12H23N/c1-3-4-5-6-7-8-9-10-11-12(2)13/h3-5,12H,1,6-11,13H2,2H3. The summed E-state index contributed by atoms with van der Waals surface area (Å²) in [7, 11) is 0. The van der Waals surface area contributed by atoms with E-state index in [2.05, 4.69) is 19.6 Å². The third-order valence-electron chi connectivity index (χ3n) is 2.05. The number of rotatable bonds is 8. The second kappa shape index (κ2) is 9.53. The molecule has 0 aromatic carbocycles. The van der Waals surface area contributed by atoms with Gasteiger partial charge in [0.05, 0.1) is 0 Å². The van der Waals surface area contributed by atoms with Crippen molar-refractivity contribution in [3.05, 3.63) is 24.8 Å². The van der Waals surface area contributed by atoms with Gasteiger partial charge in [0.15, 0.2) is 0 Å². The third kappa shape index (κ3) is 11.4. The second-order valence-electron chi connectivity index (χ2n) is 3.63. The van der Waals surface area contributed by atoms with Crippen LogP contribution >= 0.6 is 0 Å². The maximum Gasteiger partial charge on any atom is 0.00104 e. The number of hydrogen-bond donors (Lipinski definition) is 1. The lowest BCUT2D eigenvalue weighted by molar-refractivity contribution is 0.568. The minimum Gasteiger partial charge on any atom is -0.328 e. The summed E-state index contributed by atoms with van der Waals surface area (Å²) < 4.78 is 0. The van der Waals surface area contributed by atoms with Gasteiger partial charge in [-0.3, -0.25) is 0 Å². The molecule has 0 bridgehead atoms. The molecule has 0 saturated heterocycles. The largest absolute Gasteiger partial charge is 0.328 e. The zero-order valence-corrected chi connectivity index (χ0v) is 8.84. The van der Waals surface area contributed by atoms with Crippen LogP contribution in [0.4, 0.5) is 0 Å². The summed E-state index contributed by atoms with van der Waals surface area (Å²) in [6.07, 6.45) is 13.6. The fraction of sp³-hybridized carbons (Fsp3) is 0.667. The fourth-order valence-electron chi connectivity index (χ4n) is 1.27. The van der Waals surface area contributed by atoms with Gasteiger partial charge in [0.2, 0.25) is 0 Å². The fourth-order valence-corrected chi connectivity index (χ4v) is 1.27. The van der Waals surface area contributed by atoms with Gasteiger partial charge in [-0.1, -0.05) is 44.1 Å². The van der Waals surface area contributed by atoms with Crippen molar-refractivity contribution < 1.29 is 0 Å². The average molecular weight is 181 g/mol. The molecule has 0 fully saturated rings. The van der Waals surface area contributed by atoms with Crippen LogP contribution in [0.25, 0.3) is 0 Å². The first-order chi connectivity index (χ1) is 6.27. The van der Waals surface area contributed by atoms with E-state index >= 15 is 0 Å². The Morgan fingerprint density at radius 1 is 1.23 bits per heavy atom. The average Bonchev–Trinajstić information content (AvgIpc) is 2.09. The highest BCUT2D eigenvalue weighted by atomic mass is 14.6. The Bertz CT molecular complexity index is 136. The molecule has 0 radical (unpaired) electrons. The first-order valence-electron chi connectivity index (χ1n) is 5.30. The van der Waals surface area contributed by atoms with Gasteiger partial charge < -0.3 is 5.73 Å². The van der Waals surface area contributed by atoms with Gasteiger partial charge in [0.1, 0.15) is 0 Å². The highest BCUT2D eigenvalue weighted by molar-refractivity contribution is 4.96. The van der Waals surface area contributed by atoms with E-state index in [1.165, 1.54) is 38.5 Å². The van der Waals surface area contributed by atoms with Gasteiger partial charge in [0, 0.05) is 6.04 Å². The van der Waals surface area contributed by atoms with Gasteiger partial charge in [-0.05, 0) is 26.2 Å². The van der Waals surface area contributed by atoms with E-state index in [1.807, 2.05) is 12.2 Å². The molecule has 1 unspecified atom stereocenters. The smallest absolute Gasteiger partial charge is 0.00104 e. The molecule has 76 valence electrons. The maximum absolute atomic E-state index is 5.65. The lowest BCUT2D eigenvalue weighted by Crippen LogP contribution is -2.13. The Morgan fingerprint density at radius 2 is 1.92 bits per heavy atom. The Morgan fingerprint density at radius 3 is 2.54 bits per heavy atom. The number of nitrogens with two attached hydrogens (primary N) is 1. The molecule has 0 aliphatic carbocycles. The molecule has 13 heavy (non-hydrogen) atoms. The Balaban J connectivity index is 2.99. The predicted octanol–water partition coefficient (Wildman–Crippen LogP) is 3.42. The first kappa shape index (κ1) is 12.4. The number of hydrogen-bond acceptors (Lipinski definition) is 1. The summed E-state index contributed by atoms with van der Waals surface area (Å²) in [6, 6.07) is 0.376.